The number of fused-ring (bicyclic) bond motifs is 1. The zero-order valence-electron chi connectivity index (χ0n) is 9.41. The molecule has 15 heavy (non-hydrogen) atoms. The molecule has 1 aromatic rings. The van der Waals surface area contributed by atoms with Gasteiger partial charge in [-0.2, -0.15) is 0 Å². The van der Waals surface area contributed by atoms with Gasteiger partial charge in [-0.3, -0.25) is 0 Å². The first-order chi connectivity index (χ1) is 7.26. The molecular formula is C12H17NO2. The summed E-state index contributed by atoms with van der Waals surface area (Å²) in [4.78, 5) is 0. The summed E-state index contributed by atoms with van der Waals surface area (Å²) in [6.45, 7) is 2.13. The molecule has 1 heterocycles. The fourth-order valence-corrected chi connectivity index (χ4v) is 1.92. The average Bonchev–Trinajstić information content (AvgIpc) is 2.71. The van der Waals surface area contributed by atoms with E-state index in [-0.39, 0.29) is 6.10 Å². The van der Waals surface area contributed by atoms with Crippen molar-refractivity contribution in [1.82, 2.24) is 5.32 Å². The van der Waals surface area contributed by atoms with Crippen LogP contribution in [0.4, 0.5) is 0 Å². The summed E-state index contributed by atoms with van der Waals surface area (Å²) >= 11 is 0. The Bertz CT molecular complexity index is 351. The lowest BCUT2D eigenvalue weighted by molar-refractivity contribution is 0.191. The van der Waals surface area contributed by atoms with Crippen molar-refractivity contribution in [2.24, 2.45) is 0 Å². The zero-order valence-corrected chi connectivity index (χ0v) is 9.41. The molecule has 1 aromatic carbocycles. The average molecular weight is 207 g/mol. The van der Waals surface area contributed by atoms with E-state index in [1.807, 2.05) is 25.2 Å². The number of ether oxygens (including phenoxy) is 2. The highest BCUT2D eigenvalue weighted by Gasteiger charge is 2.29. The largest absolute Gasteiger partial charge is 0.496 e. The van der Waals surface area contributed by atoms with E-state index in [2.05, 4.69) is 12.2 Å². The van der Waals surface area contributed by atoms with Crippen LogP contribution in [-0.4, -0.2) is 26.3 Å². The van der Waals surface area contributed by atoms with Crippen LogP contribution in [0.1, 0.15) is 12.5 Å². The molecule has 2 atom stereocenters. The number of hydrogen-bond donors (Lipinski definition) is 1. The first-order valence-corrected chi connectivity index (χ1v) is 5.26. The van der Waals surface area contributed by atoms with E-state index in [1.54, 1.807) is 7.11 Å². The molecule has 0 saturated carbocycles. The van der Waals surface area contributed by atoms with Crippen LogP contribution < -0.4 is 14.8 Å². The molecule has 0 saturated heterocycles. The molecule has 1 aliphatic heterocycles. The number of nitrogens with one attached hydrogen (secondary N) is 1. The summed E-state index contributed by atoms with van der Waals surface area (Å²) < 4.78 is 11.2. The molecule has 82 valence electrons. The van der Waals surface area contributed by atoms with E-state index in [1.165, 1.54) is 5.56 Å². The van der Waals surface area contributed by atoms with Crippen LogP contribution in [0.15, 0.2) is 18.2 Å². The van der Waals surface area contributed by atoms with Gasteiger partial charge in [0.05, 0.1) is 7.11 Å². The second-order valence-electron chi connectivity index (χ2n) is 3.87. The van der Waals surface area contributed by atoms with Crippen LogP contribution in [0.5, 0.6) is 11.5 Å². The molecule has 0 aromatic heterocycles. The van der Waals surface area contributed by atoms with Crippen molar-refractivity contribution in [3.05, 3.63) is 23.8 Å². The Balaban J connectivity index is 2.23. The van der Waals surface area contributed by atoms with Crippen LogP contribution in [0.25, 0.3) is 0 Å². The van der Waals surface area contributed by atoms with Gasteiger partial charge in [0, 0.05) is 18.0 Å². The summed E-state index contributed by atoms with van der Waals surface area (Å²) in [5.74, 6) is 1.89. The van der Waals surface area contributed by atoms with Gasteiger partial charge in [-0.1, -0.05) is 6.07 Å². The molecule has 0 bridgehead atoms. The van der Waals surface area contributed by atoms with Gasteiger partial charge >= 0.3 is 0 Å². The molecule has 1 aliphatic rings. The molecule has 2 rings (SSSR count). The predicted octanol–water partition coefficient (Wildman–Crippen LogP) is 1.61. The van der Waals surface area contributed by atoms with Gasteiger partial charge in [-0.15, -0.1) is 0 Å². The molecule has 3 heteroatoms. The van der Waals surface area contributed by atoms with E-state index in [0.29, 0.717) is 6.04 Å². The summed E-state index contributed by atoms with van der Waals surface area (Å²) in [7, 11) is 3.65. The fraction of sp³-hybridized carbons (Fsp3) is 0.500. The third kappa shape index (κ3) is 1.79. The minimum Gasteiger partial charge on any atom is -0.496 e. The van der Waals surface area contributed by atoms with Gasteiger partial charge in [0.15, 0.2) is 0 Å². The fourth-order valence-electron chi connectivity index (χ4n) is 1.92. The number of rotatable bonds is 3. The van der Waals surface area contributed by atoms with Crippen molar-refractivity contribution >= 4 is 0 Å². The topological polar surface area (TPSA) is 30.5 Å². The second-order valence-corrected chi connectivity index (χ2v) is 3.87. The highest BCUT2D eigenvalue weighted by Crippen LogP contribution is 2.36. The Morgan fingerprint density at radius 1 is 1.53 bits per heavy atom. The molecule has 0 spiro atoms. The Morgan fingerprint density at radius 3 is 3.00 bits per heavy atom. The number of likely N-dealkylation sites (N-methyl/N-ethyl adjacent to an activating group) is 1. The molecular weight excluding hydrogens is 190 g/mol. The third-order valence-electron chi connectivity index (χ3n) is 3.01. The standard InChI is InChI=1S/C12H17NO2/c1-8(13-2)12-7-9-10(14-3)5-4-6-11(9)15-12/h4-6,8,12-13H,7H2,1-3H3. The van der Waals surface area contributed by atoms with Crippen LogP contribution in [-0.2, 0) is 6.42 Å². The minimum absolute atomic E-state index is 0.210. The molecule has 2 unspecified atom stereocenters. The number of hydrogen-bond acceptors (Lipinski definition) is 3. The molecule has 0 amide bonds. The van der Waals surface area contributed by atoms with E-state index in [4.69, 9.17) is 9.47 Å². The SMILES string of the molecule is CNC(C)C1Cc2c(OC)cccc2O1. The maximum atomic E-state index is 5.86. The van der Waals surface area contributed by atoms with Crippen LogP contribution in [0, 0.1) is 0 Å². The van der Waals surface area contributed by atoms with Gasteiger partial charge < -0.3 is 14.8 Å². The summed E-state index contributed by atoms with van der Waals surface area (Å²) in [5, 5.41) is 3.21. The van der Waals surface area contributed by atoms with Gasteiger partial charge in [0.25, 0.3) is 0 Å². The van der Waals surface area contributed by atoms with E-state index in [9.17, 15) is 0 Å². The quantitative estimate of drug-likeness (QED) is 0.816. The van der Waals surface area contributed by atoms with Gasteiger partial charge in [-0.25, -0.2) is 0 Å². The Labute approximate surface area is 90.4 Å². The lowest BCUT2D eigenvalue weighted by atomic mass is 10.0. The smallest absolute Gasteiger partial charge is 0.126 e. The highest BCUT2D eigenvalue weighted by molar-refractivity contribution is 5.47. The molecule has 0 aliphatic carbocycles. The first-order valence-electron chi connectivity index (χ1n) is 5.26. The highest BCUT2D eigenvalue weighted by atomic mass is 16.5. The van der Waals surface area contributed by atoms with Gasteiger partial charge in [-0.05, 0) is 26.1 Å². The molecule has 0 radical (unpaired) electrons. The lowest BCUT2D eigenvalue weighted by Gasteiger charge is -2.17. The Hall–Kier alpha value is -1.22. The summed E-state index contributed by atoms with van der Waals surface area (Å²) in [5.41, 5.74) is 1.19. The third-order valence-corrected chi connectivity index (χ3v) is 3.01. The van der Waals surface area contributed by atoms with E-state index < -0.39 is 0 Å². The van der Waals surface area contributed by atoms with Crippen molar-refractivity contribution in [2.45, 2.75) is 25.5 Å². The number of benzene rings is 1. The van der Waals surface area contributed by atoms with Crippen molar-refractivity contribution in [3.8, 4) is 11.5 Å². The van der Waals surface area contributed by atoms with Gasteiger partial charge in [0.2, 0.25) is 0 Å². The van der Waals surface area contributed by atoms with Crippen LogP contribution in [0.3, 0.4) is 0 Å². The number of methoxy groups -OCH3 is 1. The second kappa shape index (κ2) is 4.11. The van der Waals surface area contributed by atoms with E-state index >= 15 is 0 Å². The van der Waals surface area contributed by atoms with Crippen molar-refractivity contribution in [3.63, 3.8) is 0 Å². The maximum Gasteiger partial charge on any atom is 0.126 e. The minimum atomic E-state index is 0.210. The molecule has 1 N–H and O–H groups in total. The van der Waals surface area contributed by atoms with Crippen molar-refractivity contribution in [1.29, 1.82) is 0 Å². The van der Waals surface area contributed by atoms with Crippen molar-refractivity contribution in [2.75, 3.05) is 14.2 Å². The summed E-state index contributed by atoms with van der Waals surface area (Å²) in [6.07, 6.45) is 1.13. The van der Waals surface area contributed by atoms with Crippen molar-refractivity contribution < 1.29 is 9.47 Å². The van der Waals surface area contributed by atoms with Crippen LogP contribution in [0.2, 0.25) is 0 Å². The monoisotopic (exact) mass is 207 g/mol. The molecule has 0 fully saturated rings. The Kier molecular flexibility index (Phi) is 2.82. The summed E-state index contributed by atoms with van der Waals surface area (Å²) in [6, 6.07) is 6.29. The van der Waals surface area contributed by atoms with E-state index in [0.717, 1.165) is 17.9 Å². The maximum absolute atomic E-state index is 5.86. The zero-order chi connectivity index (χ0) is 10.8. The predicted molar refractivity (Wildman–Crippen MR) is 59.6 cm³/mol. The molecule has 3 nitrogen and oxygen atoms in total. The Morgan fingerprint density at radius 2 is 2.33 bits per heavy atom. The van der Waals surface area contributed by atoms with Gasteiger partial charge in [0.1, 0.15) is 17.6 Å². The first kappa shape index (κ1) is 10.3. The van der Waals surface area contributed by atoms with Crippen LogP contribution >= 0.6 is 0 Å². The normalized spacial score (nSPS) is 20.6. The lowest BCUT2D eigenvalue weighted by Crippen LogP contribution is -2.37.